The molecule has 0 aromatic heterocycles. The Morgan fingerprint density at radius 3 is 2.23 bits per heavy atom. The van der Waals surface area contributed by atoms with E-state index in [1.807, 2.05) is 0 Å². The Kier molecular flexibility index (Phi) is 4.67. The topological polar surface area (TPSA) is 15.3 Å². The molecule has 0 bridgehead atoms. The predicted octanol–water partition coefficient (Wildman–Crippen LogP) is 4.84. The molecule has 0 radical (unpaired) electrons. The normalized spacial score (nSPS) is 15.8. The van der Waals surface area contributed by atoms with Gasteiger partial charge in [-0.1, -0.05) is 36.8 Å². The van der Waals surface area contributed by atoms with Gasteiger partial charge in [-0.15, -0.1) is 0 Å². The third-order valence-electron chi connectivity index (χ3n) is 4.63. The summed E-state index contributed by atoms with van der Waals surface area (Å²) in [6, 6.07) is 17.6. The average Bonchev–Trinajstić information content (AvgIpc) is 2.56. The van der Waals surface area contributed by atoms with Gasteiger partial charge in [0.15, 0.2) is 0 Å². The molecule has 2 aromatic rings. The van der Waals surface area contributed by atoms with Crippen molar-refractivity contribution in [1.29, 1.82) is 0 Å². The van der Waals surface area contributed by atoms with E-state index in [9.17, 15) is 0 Å². The van der Waals surface area contributed by atoms with Crippen molar-refractivity contribution in [3.8, 4) is 0 Å². The molecule has 1 saturated heterocycles. The van der Waals surface area contributed by atoms with E-state index in [0.717, 1.165) is 12.5 Å². The van der Waals surface area contributed by atoms with Gasteiger partial charge in [0.1, 0.15) is 0 Å². The molecule has 0 unspecified atom stereocenters. The summed E-state index contributed by atoms with van der Waals surface area (Å²) >= 11 is 0. The largest absolute Gasteiger partial charge is 0.381 e. The molecule has 0 spiro atoms. The standard InChI is InChI=1S/C20H26N2/c1-16-3-5-18(6-4-16)15-21-19-7-9-20(10-8-19)22-13-11-17(2)12-14-22/h3-10,17,21H,11-15H2,1-2H3. The molecule has 0 amide bonds. The molecule has 0 aliphatic carbocycles. The van der Waals surface area contributed by atoms with E-state index < -0.39 is 0 Å². The molecule has 2 aromatic carbocycles. The summed E-state index contributed by atoms with van der Waals surface area (Å²) in [6.07, 6.45) is 2.63. The zero-order chi connectivity index (χ0) is 15.4. The molecule has 1 aliphatic heterocycles. The van der Waals surface area contributed by atoms with Crippen molar-refractivity contribution in [2.75, 3.05) is 23.3 Å². The van der Waals surface area contributed by atoms with E-state index in [0.29, 0.717) is 0 Å². The van der Waals surface area contributed by atoms with Crippen LogP contribution in [0.5, 0.6) is 0 Å². The second-order valence-corrected chi connectivity index (χ2v) is 6.56. The Hall–Kier alpha value is -1.96. The third kappa shape index (κ3) is 3.82. The van der Waals surface area contributed by atoms with Crippen molar-refractivity contribution in [1.82, 2.24) is 0 Å². The minimum atomic E-state index is 0.876. The maximum atomic E-state index is 3.50. The van der Waals surface area contributed by atoms with Crippen molar-refractivity contribution in [2.45, 2.75) is 33.2 Å². The lowest BCUT2D eigenvalue weighted by molar-refractivity contribution is 0.438. The maximum Gasteiger partial charge on any atom is 0.0400 e. The molecular formula is C20H26N2. The molecule has 2 nitrogen and oxygen atoms in total. The molecule has 2 heteroatoms. The van der Waals surface area contributed by atoms with Crippen LogP contribution < -0.4 is 10.2 Å². The highest BCUT2D eigenvalue weighted by molar-refractivity contribution is 5.55. The lowest BCUT2D eigenvalue weighted by Crippen LogP contribution is -2.32. The number of benzene rings is 2. The van der Waals surface area contributed by atoms with Crippen LogP contribution in [-0.4, -0.2) is 13.1 Å². The lowest BCUT2D eigenvalue weighted by atomic mass is 9.99. The number of rotatable bonds is 4. The van der Waals surface area contributed by atoms with E-state index in [2.05, 4.69) is 72.6 Å². The number of nitrogens with one attached hydrogen (secondary N) is 1. The van der Waals surface area contributed by atoms with Gasteiger partial charge in [0.05, 0.1) is 0 Å². The predicted molar refractivity (Wildman–Crippen MR) is 95.6 cm³/mol. The summed E-state index contributed by atoms with van der Waals surface area (Å²) in [4.78, 5) is 2.50. The number of hydrogen-bond acceptors (Lipinski definition) is 2. The van der Waals surface area contributed by atoms with E-state index in [1.165, 1.54) is 48.4 Å². The van der Waals surface area contributed by atoms with Crippen LogP contribution in [0.2, 0.25) is 0 Å². The number of piperidine rings is 1. The van der Waals surface area contributed by atoms with Crippen LogP contribution in [0.25, 0.3) is 0 Å². The Labute approximate surface area is 134 Å². The molecule has 3 rings (SSSR count). The first-order chi connectivity index (χ1) is 10.7. The third-order valence-corrected chi connectivity index (χ3v) is 4.63. The van der Waals surface area contributed by atoms with Crippen LogP contribution in [0.4, 0.5) is 11.4 Å². The van der Waals surface area contributed by atoms with Crippen LogP contribution in [0, 0.1) is 12.8 Å². The zero-order valence-electron chi connectivity index (χ0n) is 13.7. The molecule has 1 fully saturated rings. The first-order valence-electron chi connectivity index (χ1n) is 8.35. The average molecular weight is 294 g/mol. The molecular weight excluding hydrogens is 268 g/mol. The van der Waals surface area contributed by atoms with Gasteiger partial charge < -0.3 is 10.2 Å². The van der Waals surface area contributed by atoms with Crippen molar-refractivity contribution in [3.05, 3.63) is 59.7 Å². The summed E-state index contributed by atoms with van der Waals surface area (Å²) < 4.78 is 0. The fourth-order valence-corrected chi connectivity index (χ4v) is 2.97. The quantitative estimate of drug-likeness (QED) is 0.867. The van der Waals surface area contributed by atoms with Gasteiger partial charge in [0.25, 0.3) is 0 Å². The Balaban J connectivity index is 1.56. The lowest BCUT2D eigenvalue weighted by Gasteiger charge is -2.32. The Morgan fingerprint density at radius 2 is 1.59 bits per heavy atom. The monoisotopic (exact) mass is 294 g/mol. The first-order valence-corrected chi connectivity index (χ1v) is 8.35. The molecule has 0 atom stereocenters. The molecule has 1 aliphatic rings. The zero-order valence-corrected chi connectivity index (χ0v) is 13.7. The summed E-state index contributed by atoms with van der Waals surface area (Å²) in [5.74, 6) is 0.881. The van der Waals surface area contributed by atoms with E-state index in [1.54, 1.807) is 0 Å². The molecule has 22 heavy (non-hydrogen) atoms. The molecule has 0 saturated carbocycles. The van der Waals surface area contributed by atoms with Gasteiger partial charge in [0.2, 0.25) is 0 Å². The van der Waals surface area contributed by atoms with Crippen LogP contribution in [-0.2, 0) is 6.54 Å². The highest BCUT2D eigenvalue weighted by Gasteiger charge is 2.15. The smallest absolute Gasteiger partial charge is 0.0400 e. The van der Waals surface area contributed by atoms with E-state index in [-0.39, 0.29) is 0 Å². The molecule has 1 N–H and O–H groups in total. The van der Waals surface area contributed by atoms with Gasteiger partial charge in [0, 0.05) is 31.0 Å². The van der Waals surface area contributed by atoms with Crippen molar-refractivity contribution in [2.24, 2.45) is 5.92 Å². The number of anilines is 2. The minimum absolute atomic E-state index is 0.876. The molecule has 1 heterocycles. The highest BCUT2D eigenvalue weighted by atomic mass is 15.1. The number of aryl methyl sites for hydroxylation is 1. The van der Waals surface area contributed by atoms with Gasteiger partial charge in [-0.3, -0.25) is 0 Å². The first kappa shape index (κ1) is 15.0. The van der Waals surface area contributed by atoms with Gasteiger partial charge in [-0.05, 0) is 55.5 Å². The van der Waals surface area contributed by atoms with Gasteiger partial charge >= 0.3 is 0 Å². The second-order valence-electron chi connectivity index (χ2n) is 6.56. The van der Waals surface area contributed by atoms with Crippen LogP contribution in [0.1, 0.15) is 30.9 Å². The fraction of sp³-hybridized carbons (Fsp3) is 0.400. The van der Waals surface area contributed by atoms with Gasteiger partial charge in [-0.25, -0.2) is 0 Å². The Morgan fingerprint density at radius 1 is 0.955 bits per heavy atom. The van der Waals surface area contributed by atoms with Gasteiger partial charge in [-0.2, -0.15) is 0 Å². The van der Waals surface area contributed by atoms with E-state index in [4.69, 9.17) is 0 Å². The summed E-state index contributed by atoms with van der Waals surface area (Å²) in [7, 11) is 0. The van der Waals surface area contributed by atoms with Crippen molar-refractivity contribution < 1.29 is 0 Å². The summed E-state index contributed by atoms with van der Waals surface area (Å²) in [6.45, 7) is 7.74. The number of hydrogen-bond donors (Lipinski definition) is 1. The second kappa shape index (κ2) is 6.87. The summed E-state index contributed by atoms with van der Waals surface area (Å²) in [5, 5.41) is 3.50. The highest BCUT2D eigenvalue weighted by Crippen LogP contribution is 2.24. The van der Waals surface area contributed by atoms with E-state index >= 15 is 0 Å². The van der Waals surface area contributed by atoms with Crippen molar-refractivity contribution >= 4 is 11.4 Å². The van der Waals surface area contributed by atoms with Crippen LogP contribution in [0.3, 0.4) is 0 Å². The fourth-order valence-electron chi connectivity index (χ4n) is 2.97. The Bertz CT molecular complexity index is 578. The minimum Gasteiger partial charge on any atom is -0.381 e. The molecule has 116 valence electrons. The maximum absolute atomic E-state index is 3.50. The number of nitrogens with zero attached hydrogens (tertiary/aromatic N) is 1. The van der Waals surface area contributed by atoms with Crippen LogP contribution in [0.15, 0.2) is 48.5 Å². The SMILES string of the molecule is Cc1ccc(CNc2ccc(N3CCC(C)CC3)cc2)cc1. The van der Waals surface area contributed by atoms with Crippen LogP contribution >= 0.6 is 0 Å². The summed E-state index contributed by atoms with van der Waals surface area (Å²) in [5.41, 5.74) is 5.17. The van der Waals surface area contributed by atoms with Crippen molar-refractivity contribution in [3.63, 3.8) is 0 Å².